The van der Waals surface area contributed by atoms with Crippen molar-refractivity contribution in [3.63, 3.8) is 0 Å². The fourth-order valence-electron chi connectivity index (χ4n) is 1.73. The van der Waals surface area contributed by atoms with Crippen LogP contribution in [0.3, 0.4) is 0 Å². The number of sulfonamides is 1. The molecule has 1 N–H and O–H groups in total. The van der Waals surface area contributed by atoms with Crippen molar-refractivity contribution >= 4 is 10.0 Å². The van der Waals surface area contributed by atoms with Crippen molar-refractivity contribution in [1.82, 2.24) is 4.72 Å². The van der Waals surface area contributed by atoms with Crippen LogP contribution in [0.15, 0.2) is 12.1 Å². The summed E-state index contributed by atoms with van der Waals surface area (Å²) < 4.78 is 25.2. The molecule has 0 fully saturated rings. The van der Waals surface area contributed by atoms with E-state index >= 15 is 0 Å². The fraction of sp³-hybridized carbons (Fsp3) is 0.538. The average Bonchev–Trinajstić information content (AvgIpc) is 2.25. The van der Waals surface area contributed by atoms with E-state index in [0.717, 1.165) is 6.42 Å². The molecule has 0 atom stereocenters. The third kappa shape index (κ3) is 4.13. The lowest BCUT2D eigenvalue weighted by Gasteiger charge is -2.10. The van der Waals surface area contributed by atoms with Crippen LogP contribution in [0.2, 0.25) is 0 Å². The van der Waals surface area contributed by atoms with Gasteiger partial charge in [0.2, 0.25) is 10.0 Å². The van der Waals surface area contributed by atoms with Crippen molar-refractivity contribution in [1.29, 1.82) is 0 Å². The zero-order chi connectivity index (χ0) is 13.1. The van der Waals surface area contributed by atoms with Crippen LogP contribution < -0.4 is 4.72 Å². The van der Waals surface area contributed by atoms with Crippen molar-refractivity contribution in [2.45, 2.75) is 34.1 Å². The summed E-state index contributed by atoms with van der Waals surface area (Å²) in [6.07, 6.45) is 0.742. The Balaban J connectivity index is 2.68. The summed E-state index contributed by atoms with van der Waals surface area (Å²) in [6.45, 7) is 8.35. The van der Waals surface area contributed by atoms with E-state index in [1.807, 2.05) is 0 Å². The van der Waals surface area contributed by atoms with Crippen molar-refractivity contribution in [2.24, 2.45) is 0 Å². The number of hydrogen-bond donors (Lipinski definition) is 1. The Kier molecular flexibility index (Phi) is 4.71. The van der Waals surface area contributed by atoms with E-state index in [0.29, 0.717) is 6.54 Å². The van der Waals surface area contributed by atoms with Crippen molar-refractivity contribution in [3.8, 4) is 0 Å². The highest BCUT2D eigenvalue weighted by Crippen LogP contribution is 2.15. The highest BCUT2D eigenvalue weighted by atomic mass is 32.2. The Bertz CT molecular complexity index is 492. The molecule has 0 heterocycles. The fourth-order valence-corrected chi connectivity index (χ4v) is 2.35. The van der Waals surface area contributed by atoms with Crippen LogP contribution in [0.5, 0.6) is 0 Å². The summed E-state index contributed by atoms with van der Waals surface area (Å²) in [5, 5.41) is 0. The molecular formula is C13H21NO2S. The van der Waals surface area contributed by atoms with E-state index in [1.54, 1.807) is 6.92 Å². The third-order valence-corrected chi connectivity index (χ3v) is 4.45. The zero-order valence-electron chi connectivity index (χ0n) is 11.0. The number of benzene rings is 1. The van der Waals surface area contributed by atoms with Gasteiger partial charge in [0.15, 0.2) is 0 Å². The third-order valence-electron chi connectivity index (χ3n) is 3.05. The molecule has 0 unspecified atom stereocenters. The van der Waals surface area contributed by atoms with Crippen LogP contribution >= 0.6 is 0 Å². The van der Waals surface area contributed by atoms with Crippen molar-refractivity contribution in [3.05, 3.63) is 34.4 Å². The van der Waals surface area contributed by atoms with Crippen LogP contribution in [-0.2, 0) is 16.4 Å². The lowest BCUT2D eigenvalue weighted by molar-refractivity contribution is 0.583. The first-order valence-electron chi connectivity index (χ1n) is 5.90. The molecule has 0 saturated heterocycles. The molecule has 0 radical (unpaired) electrons. The normalized spacial score (nSPS) is 11.8. The second-order valence-electron chi connectivity index (χ2n) is 4.41. The molecule has 0 saturated carbocycles. The van der Waals surface area contributed by atoms with Gasteiger partial charge in [0.1, 0.15) is 0 Å². The summed E-state index contributed by atoms with van der Waals surface area (Å²) in [4.78, 5) is 0. The maximum atomic E-state index is 11.3. The second-order valence-corrected chi connectivity index (χ2v) is 6.51. The van der Waals surface area contributed by atoms with Gasteiger partial charge in [0.25, 0.3) is 0 Å². The summed E-state index contributed by atoms with van der Waals surface area (Å²) >= 11 is 0. The van der Waals surface area contributed by atoms with Crippen molar-refractivity contribution < 1.29 is 8.42 Å². The number of hydrogen-bond acceptors (Lipinski definition) is 2. The number of aryl methyl sites for hydroxylation is 3. The second kappa shape index (κ2) is 5.65. The van der Waals surface area contributed by atoms with E-state index in [-0.39, 0.29) is 5.75 Å². The lowest BCUT2D eigenvalue weighted by atomic mass is 9.99. The predicted molar refractivity (Wildman–Crippen MR) is 71.8 cm³/mol. The zero-order valence-corrected chi connectivity index (χ0v) is 11.8. The van der Waals surface area contributed by atoms with Gasteiger partial charge in [-0.05, 0) is 56.4 Å². The van der Waals surface area contributed by atoms with E-state index in [4.69, 9.17) is 0 Å². The summed E-state index contributed by atoms with van der Waals surface area (Å²) in [7, 11) is -3.07. The SMILES string of the molecule is CCS(=O)(=O)NCCc1cc(C)c(C)cc1C. The molecule has 0 bridgehead atoms. The molecule has 3 nitrogen and oxygen atoms in total. The molecule has 0 spiro atoms. The maximum absolute atomic E-state index is 11.3. The van der Waals surface area contributed by atoms with Crippen LogP contribution in [0, 0.1) is 20.8 Å². The van der Waals surface area contributed by atoms with Gasteiger partial charge >= 0.3 is 0 Å². The van der Waals surface area contributed by atoms with Gasteiger partial charge in [-0.25, -0.2) is 13.1 Å². The molecule has 4 heteroatoms. The lowest BCUT2D eigenvalue weighted by Crippen LogP contribution is -2.27. The minimum Gasteiger partial charge on any atom is -0.215 e. The average molecular weight is 255 g/mol. The van der Waals surface area contributed by atoms with E-state index in [2.05, 4.69) is 37.6 Å². The monoisotopic (exact) mass is 255 g/mol. The highest BCUT2D eigenvalue weighted by Gasteiger charge is 2.06. The Morgan fingerprint density at radius 3 is 2.24 bits per heavy atom. The molecule has 1 aromatic carbocycles. The van der Waals surface area contributed by atoms with Gasteiger partial charge in [-0.2, -0.15) is 0 Å². The van der Waals surface area contributed by atoms with Gasteiger partial charge < -0.3 is 0 Å². The van der Waals surface area contributed by atoms with E-state index in [1.165, 1.54) is 22.3 Å². The number of rotatable bonds is 5. The molecule has 0 aromatic heterocycles. The van der Waals surface area contributed by atoms with E-state index < -0.39 is 10.0 Å². The maximum Gasteiger partial charge on any atom is 0.211 e. The summed E-state index contributed by atoms with van der Waals surface area (Å²) in [5.41, 5.74) is 4.97. The smallest absolute Gasteiger partial charge is 0.211 e. The van der Waals surface area contributed by atoms with Gasteiger partial charge in [0.05, 0.1) is 5.75 Å². The van der Waals surface area contributed by atoms with Crippen LogP contribution in [-0.4, -0.2) is 20.7 Å². The minimum atomic E-state index is -3.07. The first-order valence-corrected chi connectivity index (χ1v) is 7.55. The first kappa shape index (κ1) is 14.2. The molecule has 1 rings (SSSR count). The molecular weight excluding hydrogens is 234 g/mol. The Morgan fingerprint density at radius 1 is 1.06 bits per heavy atom. The number of nitrogens with one attached hydrogen (secondary N) is 1. The van der Waals surface area contributed by atoms with Gasteiger partial charge in [-0.3, -0.25) is 0 Å². The molecule has 17 heavy (non-hydrogen) atoms. The Morgan fingerprint density at radius 2 is 1.65 bits per heavy atom. The quantitative estimate of drug-likeness (QED) is 0.875. The summed E-state index contributed by atoms with van der Waals surface area (Å²) in [6, 6.07) is 4.30. The molecule has 1 aromatic rings. The van der Waals surface area contributed by atoms with Crippen LogP contribution in [0.25, 0.3) is 0 Å². The molecule has 0 aliphatic heterocycles. The molecule has 96 valence electrons. The molecule has 0 amide bonds. The Labute approximate surface area is 104 Å². The predicted octanol–water partition coefficient (Wildman–Crippen LogP) is 2.09. The Hall–Kier alpha value is -0.870. The van der Waals surface area contributed by atoms with Crippen LogP contribution in [0.1, 0.15) is 29.2 Å². The van der Waals surface area contributed by atoms with E-state index in [9.17, 15) is 8.42 Å². The largest absolute Gasteiger partial charge is 0.215 e. The first-order chi connectivity index (χ1) is 7.85. The topological polar surface area (TPSA) is 46.2 Å². The van der Waals surface area contributed by atoms with Gasteiger partial charge in [-0.1, -0.05) is 12.1 Å². The van der Waals surface area contributed by atoms with Gasteiger partial charge in [0, 0.05) is 6.54 Å². The standard InChI is InChI=1S/C13H21NO2S/c1-5-17(15,16)14-7-6-13-9-11(3)10(2)8-12(13)4/h8-9,14H,5-7H2,1-4H3. The minimum absolute atomic E-state index is 0.138. The van der Waals surface area contributed by atoms with Crippen molar-refractivity contribution in [2.75, 3.05) is 12.3 Å². The summed E-state index contributed by atoms with van der Waals surface area (Å²) in [5.74, 6) is 0.138. The van der Waals surface area contributed by atoms with Crippen LogP contribution in [0.4, 0.5) is 0 Å². The van der Waals surface area contributed by atoms with Gasteiger partial charge in [-0.15, -0.1) is 0 Å². The molecule has 0 aliphatic carbocycles. The highest BCUT2D eigenvalue weighted by molar-refractivity contribution is 7.89. The molecule has 0 aliphatic rings.